The molecular weight excluding hydrogens is 288 g/mol. The Labute approximate surface area is 130 Å². The van der Waals surface area contributed by atoms with Crippen LogP contribution in [0, 0.1) is 17.0 Å². The predicted molar refractivity (Wildman–Crippen MR) is 81.7 cm³/mol. The summed E-state index contributed by atoms with van der Waals surface area (Å²) in [5.74, 6) is 0. The van der Waals surface area contributed by atoms with Gasteiger partial charge in [0.25, 0.3) is 6.47 Å². The Bertz CT molecular complexity index is 501. The number of rotatable bonds is 3. The summed E-state index contributed by atoms with van der Waals surface area (Å²) < 4.78 is 6.32. The molecule has 8 heteroatoms. The molecule has 1 aliphatic heterocycles. The molecule has 1 fully saturated rings. The number of piperidine rings is 1. The van der Waals surface area contributed by atoms with E-state index in [9.17, 15) is 14.9 Å². The summed E-state index contributed by atoms with van der Waals surface area (Å²) in [6.07, 6.45) is 3.47. The van der Waals surface area contributed by atoms with Crippen molar-refractivity contribution in [1.29, 1.82) is 0 Å². The molecule has 124 valence electrons. The Kier molecular flexibility index (Phi) is 6.48. The van der Waals surface area contributed by atoms with Gasteiger partial charge in [-0.15, -0.1) is 0 Å². The first-order valence-corrected chi connectivity index (χ1v) is 7.27. The van der Waals surface area contributed by atoms with Gasteiger partial charge in [0.05, 0.1) is 11.0 Å². The van der Waals surface area contributed by atoms with E-state index in [1.807, 2.05) is 20.8 Å². The first kappa shape index (κ1) is 18.1. The molecule has 1 saturated heterocycles. The number of nitrogens with zero attached hydrogens (tertiary/aromatic N) is 3. The second-order valence-corrected chi connectivity index (χ2v) is 6.14. The number of aromatic nitrogens is 2. The van der Waals surface area contributed by atoms with E-state index in [1.54, 1.807) is 11.6 Å². The van der Waals surface area contributed by atoms with Gasteiger partial charge in [-0.25, -0.2) is 0 Å². The molecule has 0 aliphatic carbocycles. The highest BCUT2D eigenvalue weighted by atomic mass is 16.6. The van der Waals surface area contributed by atoms with Gasteiger partial charge in [0, 0.05) is 6.54 Å². The summed E-state index contributed by atoms with van der Waals surface area (Å²) in [7, 11) is 0. The molecule has 1 N–H and O–H groups in total. The van der Waals surface area contributed by atoms with Crippen LogP contribution in [0.25, 0.3) is 0 Å². The smallest absolute Gasteiger partial charge is 0.309 e. The molecule has 0 saturated carbocycles. The van der Waals surface area contributed by atoms with Gasteiger partial charge in [-0.3, -0.25) is 19.6 Å². The van der Waals surface area contributed by atoms with E-state index in [-0.39, 0.29) is 22.3 Å². The van der Waals surface area contributed by atoms with Crippen molar-refractivity contribution < 1.29 is 14.5 Å². The van der Waals surface area contributed by atoms with Crippen LogP contribution in [0.1, 0.15) is 45.3 Å². The second kappa shape index (κ2) is 7.88. The Morgan fingerprint density at radius 2 is 2.23 bits per heavy atom. The molecule has 8 nitrogen and oxygen atoms in total. The van der Waals surface area contributed by atoms with E-state index in [1.165, 1.54) is 6.20 Å². The highest BCUT2D eigenvalue weighted by Gasteiger charge is 2.22. The molecule has 1 aliphatic rings. The maximum absolute atomic E-state index is 10.7. The standard InChI is InChI=1S/C9H14N4O2.C5H10O2/c1-7-9(13(14)15)6-11-12(7)8-3-2-4-10-5-8;1-5(2,3)7-4-6/h6,8,10H,2-5H2,1H3;4H,1-3H3/t8-;/m1./s1. The van der Waals surface area contributed by atoms with Crippen LogP contribution in [0.5, 0.6) is 0 Å². The number of nitrogens with one attached hydrogen (secondary N) is 1. The van der Waals surface area contributed by atoms with E-state index in [4.69, 9.17) is 0 Å². The first-order valence-electron chi connectivity index (χ1n) is 7.27. The van der Waals surface area contributed by atoms with Gasteiger partial charge in [0.2, 0.25) is 0 Å². The van der Waals surface area contributed by atoms with E-state index in [2.05, 4.69) is 15.2 Å². The fourth-order valence-electron chi connectivity index (χ4n) is 2.15. The van der Waals surface area contributed by atoms with Crippen LogP contribution in [0.4, 0.5) is 5.69 Å². The van der Waals surface area contributed by atoms with Crippen molar-refractivity contribution >= 4 is 12.2 Å². The first-order chi connectivity index (χ1) is 10.3. The number of ether oxygens (including phenoxy) is 1. The van der Waals surface area contributed by atoms with Crippen LogP contribution in [0.3, 0.4) is 0 Å². The van der Waals surface area contributed by atoms with E-state index in [0.29, 0.717) is 12.2 Å². The molecule has 0 radical (unpaired) electrons. The van der Waals surface area contributed by atoms with Crippen LogP contribution in [0.15, 0.2) is 6.20 Å². The van der Waals surface area contributed by atoms with Crippen LogP contribution < -0.4 is 5.32 Å². The normalized spacial score (nSPS) is 18.1. The molecule has 2 rings (SSSR count). The molecular formula is C14H24N4O4. The minimum absolute atomic E-state index is 0.112. The third-order valence-corrected chi connectivity index (χ3v) is 3.23. The molecule has 22 heavy (non-hydrogen) atoms. The van der Waals surface area contributed by atoms with Crippen LogP contribution >= 0.6 is 0 Å². The quantitative estimate of drug-likeness (QED) is 0.520. The number of nitro groups is 1. The van der Waals surface area contributed by atoms with Gasteiger partial charge >= 0.3 is 5.69 Å². The third kappa shape index (κ3) is 5.44. The fourth-order valence-corrected chi connectivity index (χ4v) is 2.15. The number of carbonyl (C=O) groups excluding carboxylic acids is 1. The van der Waals surface area contributed by atoms with E-state index >= 15 is 0 Å². The van der Waals surface area contributed by atoms with Gasteiger partial charge in [-0.1, -0.05) is 0 Å². The lowest BCUT2D eigenvalue weighted by molar-refractivity contribution is -0.385. The maximum Gasteiger partial charge on any atom is 0.309 e. The van der Waals surface area contributed by atoms with E-state index < -0.39 is 0 Å². The summed E-state index contributed by atoms with van der Waals surface area (Å²) in [6.45, 7) is 9.54. The minimum Gasteiger partial charge on any atom is -0.462 e. The van der Waals surface area contributed by atoms with Crippen molar-refractivity contribution in [3.05, 3.63) is 22.0 Å². The molecule has 0 aromatic carbocycles. The van der Waals surface area contributed by atoms with Crippen LogP contribution in [0.2, 0.25) is 0 Å². The Balaban J connectivity index is 0.000000295. The van der Waals surface area contributed by atoms with Gasteiger partial charge < -0.3 is 10.1 Å². The fraction of sp³-hybridized carbons (Fsp3) is 0.714. The largest absolute Gasteiger partial charge is 0.462 e. The topological polar surface area (TPSA) is 99.3 Å². The Hall–Kier alpha value is -1.96. The number of carbonyl (C=O) groups is 1. The van der Waals surface area contributed by atoms with Crippen molar-refractivity contribution in [3.63, 3.8) is 0 Å². The zero-order valence-electron chi connectivity index (χ0n) is 13.5. The molecule has 0 unspecified atom stereocenters. The monoisotopic (exact) mass is 312 g/mol. The summed E-state index contributed by atoms with van der Waals surface area (Å²) in [4.78, 5) is 19.9. The summed E-state index contributed by atoms with van der Waals surface area (Å²) in [5.41, 5.74) is 0.441. The second-order valence-electron chi connectivity index (χ2n) is 6.14. The Morgan fingerprint density at radius 3 is 2.59 bits per heavy atom. The van der Waals surface area contributed by atoms with Gasteiger partial charge in [0.1, 0.15) is 17.5 Å². The molecule has 0 spiro atoms. The van der Waals surface area contributed by atoms with Crippen LogP contribution in [-0.2, 0) is 9.53 Å². The average Bonchev–Trinajstić information content (AvgIpc) is 2.81. The summed E-state index contributed by atoms with van der Waals surface area (Å²) >= 11 is 0. The molecule has 1 atom stereocenters. The predicted octanol–water partition coefficient (Wildman–Crippen LogP) is 1.98. The van der Waals surface area contributed by atoms with Crippen molar-refractivity contribution in [2.45, 2.75) is 52.2 Å². The lowest BCUT2D eigenvalue weighted by Gasteiger charge is -2.23. The highest BCUT2D eigenvalue weighted by molar-refractivity contribution is 5.37. The van der Waals surface area contributed by atoms with Crippen LogP contribution in [-0.4, -0.2) is 39.9 Å². The SMILES string of the molecule is CC(C)(C)OC=O.Cc1c([N+](=O)[O-])cnn1[C@@H]1CCCNC1. The average molecular weight is 312 g/mol. The molecule has 1 aromatic heterocycles. The third-order valence-electron chi connectivity index (χ3n) is 3.23. The van der Waals surface area contributed by atoms with Crippen molar-refractivity contribution in [2.75, 3.05) is 13.1 Å². The summed E-state index contributed by atoms with van der Waals surface area (Å²) in [6, 6.07) is 0.257. The van der Waals surface area contributed by atoms with Gasteiger partial charge in [-0.2, -0.15) is 5.10 Å². The van der Waals surface area contributed by atoms with Gasteiger partial charge in [0.15, 0.2) is 0 Å². The van der Waals surface area contributed by atoms with Gasteiger partial charge in [-0.05, 0) is 47.1 Å². The Morgan fingerprint density at radius 1 is 1.55 bits per heavy atom. The highest BCUT2D eigenvalue weighted by Crippen LogP contribution is 2.23. The van der Waals surface area contributed by atoms with Crippen molar-refractivity contribution in [2.24, 2.45) is 0 Å². The van der Waals surface area contributed by atoms with E-state index in [0.717, 1.165) is 25.9 Å². The van der Waals surface area contributed by atoms with Crippen molar-refractivity contribution in [3.8, 4) is 0 Å². The molecule has 0 bridgehead atoms. The maximum atomic E-state index is 10.7. The molecule has 1 aromatic rings. The number of hydrogen-bond acceptors (Lipinski definition) is 6. The molecule has 2 heterocycles. The zero-order valence-corrected chi connectivity index (χ0v) is 13.5. The van der Waals surface area contributed by atoms with Crippen molar-refractivity contribution in [1.82, 2.24) is 15.1 Å². The lowest BCUT2D eigenvalue weighted by Crippen LogP contribution is -2.32. The number of hydrogen-bond donors (Lipinski definition) is 1. The summed E-state index contributed by atoms with van der Waals surface area (Å²) in [5, 5.41) is 18.0. The minimum atomic E-state index is -0.380. The molecule has 0 amide bonds. The lowest BCUT2D eigenvalue weighted by atomic mass is 10.1. The zero-order chi connectivity index (χ0) is 16.8.